The number of methoxy groups -OCH3 is 2. The van der Waals surface area contributed by atoms with Crippen molar-refractivity contribution in [1.29, 1.82) is 0 Å². The third-order valence-corrected chi connectivity index (χ3v) is 2.80. The summed E-state index contributed by atoms with van der Waals surface area (Å²) in [6.07, 6.45) is -0.413. The summed E-state index contributed by atoms with van der Waals surface area (Å²) in [6, 6.07) is 5.67. The van der Waals surface area contributed by atoms with Crippen molar-refractivity contribution >= 4 is 5.91 Å². The lowest BCUT2D eigenvalue weighted by Crippen LogP contribution is -2.34. The minimum absolute atomic E-state index is 0.106. The van der Waals surface area contributed by atoms with Crippen LogP contribution in [0.15, 0.2) is 18.2 Å². The predicted octanol–water partition coefficient (Wildman–Crippen LogP) is 1.65. The molecule has 0 unspecified atom stereocenters. The number of ether oxygens (including phenoxy) is 2. The van der Waals surface area contributed by atoms with Crippen LogP contribution in [0.5, 0.6) is 0 Å². The van der Waals surface area contributed by atoms with Crippen molar-refractivity contribution in [1.82, 2.24) is 5.32 Å². The topological polar surface area (TPSA) is 47.6 Å². The number of aryl methyl sites for hydroxylation is 1. The minimum Gasteiger partial charge on any atom is -0.354 e. The van der Waals surface area contributed by atoms with Gasteiger partial charge in [-0.05, 0) is 31.0 Å². The molecule has 0 aromatic heterocycles. The normalized spacial score (nSPS) is 10.6. The van der Waals surface area contributed by atoms with E-state index in [1.807, 2.05) is 32.0 Å². The Labute approximate surface area is 102 Å². The van der Waals surface area contributed by atoms with Gasteiger partial charge >= 0.3 is 0 Å². The predicted molar refractivity (Wildman–Crippen MR) is 66.1 cm³/mol. The summed E-state index contributed by atoms with van der Waals surface area (Å²) in [5.41, 5.74) is 2.79. The van der Waals surface area contributed by atoms with Crippen molar-refractivity contribution < 1.29 is 14.3 Å². The van der Waals surface area contributed by atoms with Crippen LogP contribution < -0.4 is 5.32 Å². The molecule has 0 radical (unpaired) electrons. The summed E-state index contributed by atoms with van der Waals surface area (Å²) < 4.78 is 10.0. The quantitative estimate of drug-likeness (QED) is 0.792. The highest BCUT2D eigenvalue weighted by molar-refractivity contribution is 5.95. The number of nitrogens with one attached hydrogen (secondary N) is 1. The van der Waals surface area contributed by atoms with Crippen LogP contribution in [0.4, 0.5) is 0 Å². The van der Waals surface area contributed by atoms with Crippen molar-refractivity contribution in [2.75, 3.05) is 20.8 Å². The van der Waals surface area contributed by atoms with E-state index in [2.05, 4.69) is 5.32 Å². The lowest BCUT2D eigenvalue weighted by atomic mass is 10.0. The van der Waals surface area contributed by atoms with Crippen LogP contribution in [0.2, 0.25) is 0 Å². The minimum atomic E-state index is -0.413. The number of hydrogen-bond acceptors (Lipinski definition) is 3. The Morgan fingerprint density at radius 3 is 2.53 bits per heavy atom. The third-order valence-electron chi connectivity index (χ3n) is 2.80. The molecule has 0 heterocycles. The Balaban J connectivity index is 2.67. The van der Waals surface area contributed by atoms with Gasteiger partial charge in [-0.2, -0.15) is 0 Å². The maximum absolute atomic E-state index is 11.9. The molecule has 4 nitrogen and oxygen atoms in total. The summed E-state index contributed by atoms with van der Waals surface area (Å²) in [4.78, 5) is 11.9. The van der Waals surface area contributed by atoms with E-state index in [1.54, 1.807) is 0 Å². The van der Waals surface area contributed by atoms with E-state index in [4.69, 9.17) is 9.47 Å². The van der Waals surface area contributed by atoms with E-state index in [-0.39, 0.29) is 5.91 Å². The smallest absolute Gasteiger partial charge is 0.251 e. The SMILES string of the molecule is COC(CNC(=O)c1cccc(C)c1C)OC. The van der Waals surface area contributed by atoms with Crippen molar-refractivity contribution in [3.05, 3.63) is 34.9 Å². The number of benzene rings is 1. The maximum Gasteiger partial charge on any atom is 0.251 e. The van der Waals surface area contributed by atoms with Gasteiger partial charge in [0.05, 0.1) is 6.54 Å². The fourth-order valence-electron chi connectivity index (χ4n) is 1.53. The van der Waals surface area contributed by atoms with E-state index in [0.717, 1.165) is 11.1 Å². The van der Waals surface area contributed by atoms with E-state index in [0.29, 0.717) is 12.1 Å². The third kappa shape index (κ3) is 3.54. The van der Waals surface area contributed by atoms with Gasteiger partial charge < -0.3 is 14.8 Å². The highest BCUT2D eigenvalue weighted by atomic mass is 16.7. The van der Waals surface area contributed by atoms with Crippen LogP contribution in [-0.4, -0.2) is 33.0 Å². The number of carbonyl (C=O) groups excluding carboxylic acids is 1. The molecule has 0 aliphatic carbocycles. The van der Waals surface area contributed by atoms with Crippen LogP contribution in [0.1, 0.15) is 21.5 Å². The lowest BCUT2D eigenvalue weighted by molar-refractivity contribution is -0.0974. The molecule has 4 heteroatoms. The van der Waals surface area contributed by atoms with E-state index in [9.17, 15) is 4.79 Å². The van der Waals surface area contributed by atoms with E-state index in [1.165, 1.54) is 14.2 Å². The first-order chi connectivity index (χ1) is 8.10. The van der Waals surface area contributed by atoms with Gasteiger partial charge in [0.15, 0.2) is 6.29 Å². The Kier molecular flexibility index (Phi) is 5.12. The fourth-order valence-corrected chi connectivity index (χ4v) is 1.53. The zero-order valence-electron chi connectivity index (χ0n) is 10.7. The van der Waals surface area contributed by atoms with Crippen LogP contribution >= 0.6 is 0 Å². The van der Waals surface area contributed by atoms with Gasteiger partial charge in [-0.15, -0.1) is 0 Å². The molecule has 0 saturated heterocycles. The van der Waals surface area contributed by atoms with Gasteiger partial charge in [0.2, 0.25) is 0 Å². The average molecular weight is 237 g/mol. The summed E-state index contributed by atoms with van der Waals surface area (Å²) in [6.45, 7) is 4.26. The highest BCUT2D eigenvalue weighted by Crippen LogP contribution is 2.12. The van der Waals surface area contributed by atoms with Gasteiger partial charge in [-0.25, -0.2) is 0 Å². The first-order valence-electron chi connectivity index (χ1n) is 5.50. The van der Waals surface area contributed by atoms with Crippen molar-refractivity contribution in [2.24, 2.45) is 0 Å². The molecular formula is C13H19NO3. The molecule has 0 bridgehead atoms. The molecule has 0 spiro atoms. The number of hydrogen-bond donors (Lipinski definition) is 1. The van der Waals surface area contributed by atoms with E-state index < -0.39 is 6.29 Å². The highest BCUT2D eigenvalue weighted by Gasteiger charge is 2.12. The summed E-state index contributed by atoms with van der Waals surface area (Å²) >= 11 is 0. The summed E-state index contributed by atoms with van der Waals surface area (Å²) in [5.74, 6) is -0.106. The molecular weight excluding hydrogens is 218 g/mol. The Bertz CT molecular complexity index is 386. The molecule has 1 aromatic carbocycles. The van der Waals surface area contributed by atoms with Gasteiger partial charge in [-0.3, -0.25) is 4.79 Å². The fraction of sp³-hybridized carbons (Fsp3) is 0.462. The Hall–Kier alpha value is -1.39. The standard InChI is InChI=1S/C13H19NO3/c1-9-6-5-7-11(10(9)2)13(15)14-8-12(16-3)17-4/h5-7,12H,8H2,1-4H3,(H,14,15). The molecule has 0 aliphatic heterocycles. The average Bonchev–Trinajstić information content (AvgIpc) is 2.33. The Morgan fingerprint density at radius 1 is 1.29 bits per heavy atom. The number of rotatable bonds is 5. The molecule has 0 aliphatic rings. The van der Waals surface area contributed by atoms with Crippen molar-refractivity contribution in [3.8, 4) is 0 Å². The second kappa shape index (κ2) is 6.37. The van der Waals surface area contributed by atoms with Gasteiger partial charge in [0.25, 0.3) is 5.91 Å². The molecule has 94 valence electrons. The van der Waals surface area contributed by atoms with Gasteiger partial charge in [-0.1, -0.05) is 12.1 Å². The van der Waals surface area contributed by atoms with Crippen LogP contribution in [0.25, 0.3) is 0 Å². The van der Waals surface area contributed by atoms with Crippen LogP contribution in [0.3, 0.4) is 0 Å². The molecule has 0 fully saturated rings. The van der Waals surface area contributed by atoms with Crippen LogP contribution in [0, 0.1) is 13.8 Å². The molecule has 17 heavy (non-hydrogen) atoms. The van der Waals surface area contributed by atoms with Crippen molar-refractivity contribution in [2.45, 2.75) is 20.1 Å². The molecule has 1 amide bonds. The Morgan fingerprint density at radius 2 is 1.94 bits per heavy atom. The molecule has 0 atom stereocenters. The molecule has 1 N–H and O–H groups in total. The summed E-state index contributed by atoms with van der Waals surface area (Å²) in [7, 11) is 3.08. The number of amides is 1. The van der Waals surface area contributed by atoms with Crippen LogP contribution in [-0.2, 0) is 9.47 Å². The zero-order chi connectivity index (χ0) is 12.8. The first-order valence-corrected chi connectivity index (χ1v) is 5.50. The molecule has 1 aromatic rings. The van der Waals surface area contributed by atoms with Crippen molar-refractivity contribution in [3.63, 3.8) is 0 Å². The van der Waals surface area contributed by atoms with Gasteiger partial charge in [0.1, 0.15) is 0 Å². The lowest BCUT2D eigenvalue weighted by Gasteiger charge is -2.15. The molecule has 1 rings (SSSR count). The second-order valence-corrected chi connectivity index (χ2v) is 3.86. The number of carbonyl (C=O) groups is 1. The largest absolute Gasteiger partial charge is 0.354 e. The first kappa shape index (κ1) is 13.7. The van der Waals surface area contributed by atoms with Gasteiger partial charge in [0, 0.05) is 19.8 Å². The monoisotopic (exact) mass is 237 g/mol. The zero-order valence-corrected chi connectivity index (χ0v) is 10.7. The second-order valence-electron chi connectivity index (χ2n) is 3.86. The van der Waals surface area contributed by atoms with E-state index >= 15 is 0 Å². The summed E-state index contributed by atoms with van der Waals surface area (Å²) in [5, 5.41) is 2.78. The maximum atomic E-state index is 11.9. The molecule has 0 saturated carbocycles.